The molecule has 0 fully saturated rings. The normalized spacial score (nSPS) is 6.92. The number of carbonyl (C=O) groups excluding carboxylic acids is 4. The second kappa shape index (κ2) is 24.7. The molecular weight excluding hydrogens is 312 g/mol. The Morgan fingerprint density at radius 2 is 0.792 bits per heavy atom. The van der Waals surface area contributed by atoms with Gasteiger partial charge in [-0.15, -0.1) is 0 Å². The van der Waals surface area contributed by atoms with E-state index in [0.29, 0.717) is 11.8 Å². The van der Waals surface area contributed by atoms with Gasteiger partial charge >= 0.3 is 0 Å². The fourth-order valence-corrected chi connectivity index (χ4v) is 1.56. The van der Waals surface area contributed by atoms with Crippen molar-refractivity contribution in [3.05, 3.63) is 35.4 Å². The van der Waals surface area contributed by atoms with E-state index in [1.807, 2.05) is 0 Å². The van der Waals surface area contributed by atoms with Crippen LogP contribution in [0.2, 0.25) is 0 Å². The molecule has 0 saturated heterocycles. The molecule has 0 aromatic heterocycles. The van der Waals surface area contributed by atoms with Gasteiger partial charge in [0, 0.05) is 0 Å². The highest BCUT2D eigenvalue weighted by atomic mass is 16.1. The SMILES string of the molecule is CC(C)c1ccccc1C(C)C.N=C=O.N=C=O.N=C=O.N=C=O. The second-order valence-corrected chi connectivity index (χ2v) is 4.35. The zero-order chi connectivity index (χ0) is 20.0. The van der Waals surface area contributed by atoms with Gasteiger partial charge in [-0.1, -0.05) is 52.0 Å². The molecule has 0 heterocycles. The summed E-state index contributed by atoms with van der Waals surface area (Å²) in [6.07, 6.45) is 3.00. The van der Waals surface area contributed by atoms with Gasteiger partial charge in [-0.2, -0.15) is 0 Å². The molecule has 1 rings (SSSR count). The summed E-state index contributed by atoms with van der Waals surface area (Å²) in [5.41, 5.74) is 2.99. The molecule has 4 N–H and O–H groups in total. The lowest BCUT2D eigenvalue weighted by atomic mass is 9.91. The molecule has 0 atom stereocenters. The van der Waals surface area contributed by atoms with E-state index >= 15 is 0 Å². The van der Waals surface area contributed by atoms with Crippen molar-refractivity contribution in [3.8, 4) is 0 Å². The molecule has 0 saturated carbocycles. The van der Waals surface area contributed by atoms with Crippen LogP contribution < -0.4 is 0 Å². The molecule has 130 valence electrons. The molecule has 8 heteroatoms. The number of nitrogens with one attached hydrogen (secondary N) is 4. The predicted octanol–water partition coefficient (Wildman–Crippen LogP) is 3.54. The Morgan fingerprint density at radius 1 is 0.625 bits per heavy atom. The second-order valence-electron chi connectivity index (χ2n) is 4.35. The van der Waals surface area contributed by atoms with Crippen molar-refractivity contribution in [1.29, 1.82) is 21.6 Å². The Balaban J connectivity index is -0.000000138. The van der Waals surface area contributed by atoms with Gasteiger partial charge in [0.1, 0.15) is 0 Å². The van der Waals surface area contributed by atoms with Crippen molar-refractivity contribution in [2.75, 3.05) is 0 Å². The quantitative estimate of drug-likeness (QED) is 0.480. The van der Waals surface area contributed by atoms with Gasteiger partial charge in [0.2, 0.25) is 24.3 Å². The summed E-state index contributed by atoms with van der Waals surface area (Å²) in [4.78, 5) is 33.4. The summed E-state index contributed by atoms with van der Waals surface area (Å²) in [5.74, 6) is 1.28. The Morgan fingerprint density at radius 3 is 0.917 bits per heavy atom. The van der Waals surface area contributed by atoms with Gasteiger partial charge in [0.15, 0.2) is 0 Å². The maximum absolute atomic E-state index is 8.35. The molecule has 0 bridgehead atoms. The Hall–Kier alpha value is -3.26. The molecule has 0 amide bonds. The van der Waals surface area contributed by atoms with Gasteiger partial charge in [-0.05, 0) is 23.0 Å². The first-order chi connectivity index (χ1) is 11.3. The average Bonchev–Trinajstić information content (AvgIpc) is 2.50. The lowest BCUT2D eigenvalue weighted by Gasteiger charge is -2.14. The zero-order valence-electron chi connectivity index (χ0n) is 14.1. The Labute approximate surface area is 140 Å². The fourth-order valence-electron chi connectivity index (χ4n) is 1.56. The summed E-state index contributed by atoms with van der Waals surface area (Å²) >= 11 is 0. The van der Waals surface area contributed by atoms with E-state index in [9.17, 15) is 0 Å². The van der Waals surface area contributed by atoms with Gasteiger partial charge in [0.25, 0.3) is 0 Å². The summed E-state index contributed by atoms with van der Waals surface area (Å²) in [6, 6.07) is 8.72. The van der Waals surface area contributed by atoms with Crippen molar-refractivity contribution in [3.63, 3.8) is 0 Å². The van der Waals surface area contributed by atoms with Crippen molar-refractivity contribution >= 4 is 24.3 Å². The molecule has 1 aromatic rings. The predicted molar refractivity (Wildman–Crippen MR) is 88.3 cm³/mol. The van der Waals surface area contributed by atoms with Crippen molar-refractivity contribution in [2.24, 2.45) is 0 Å². The highest BCUT2D eigenvalue weighted by Gasteiger charge is 2.07. The largest absolute Gasteiger partial charge is 0.231 e. The third kappa shape index (κ3) is 23.8. The standard InChI is InChI=1S/C12H18.4CHNO/c1-9(2)11-7-5-6-8-12(11)10(3)4;4*2-1-3/h5-10H,1-4H3;4*2H. The molecule has 0 spiro atoms. The summed E-state index contributed by atoms with van der Waals surface area (Å²) < 4.78 is 0. The number of benzene rings is 1. The molecule has 0 aliphatic carbocycles. The minimum absolute atomic E-state index is 0.642. The lowest BCUT2D eigenvalue weighted by Crippen LogP contribution is -1.97. The first-order valence-electron chi connectivity index (χ1n) is 6.53. The van der Waals surface area contributed by atoms with E-state index < -0.39 is 0 Å². The highest BCUT2D eigenvalue weighted by Crippen LogP contribution is 2.25. The van der Waals surface area contributed by atoms with Crippen LogP contribution in [-0.4, -0.2) is 24.3 Å². The van der Waals surface area contributed by atoms with Crippen LogP contribution in [0.4, 0.5) is 0 Å². The molecule has 1 aromatic carbocycles. The van der Waals surface area contributed by atoms with E-state index in [4.69, 9.17) is 40.8 Å². The van der Waals surface area contributed by atoms with Gasteiger partial charge < -0.3 is 0 Å². The van der Waals surface area contributed by atoms with Crippen LogP contribution >= 0.6 is 0 Å². The number of hydrogen-bond acceptors (Lipinski definition) is 8. The average molecular weight is 334 g/mol. The van der Waals surface area contributed by atoms with Crippen molar-refractivity contribution < 1.29 is 19.2 Å². The van der Waals surface area contributed by atoms with Crippen molar-refractivity contribution in [2.45, 2.75) is 39.5 Å². The monoisotopic (exact) mass is 334 g/mol. The van der Waals surface area contributed by atoms with Crippen LogP contribution in [-0.2, 0) is 19.2 Å². The van der Waals surface area contributed by atoms with Crippen molar-refractivity contribution in [1.82, 2.24) is 0 Å². The van der Waals surface area contributed by atoms with E-state index in [2.05, 4.69) is 52.0 Å². The molecule has 0 radical (unpaired) electrons. The van der Waals surface area contributed by atoms with Crippen LogP contribution in [0.15, 0.2) is 24.3 Å². The highest BCUT2D eigenvalue weighted by molar-refractivity contribution is 5.31. The van der Waals surface area contributed by atoms with Crippen LogP contribution in [0, 0.1) is 21.6 Å². The first-order valence-corrected chi connectivity index (χ1v) is 6.53. The van der Waals surface area contributed by atoms with Crippen LogP contribution in [0.5, 0.6) is 0 Å². The third-order valence-corrected chi connectivity index (χ3v) is 2.24. The van der Waals surface area contributed by atoms with E-state index in [1.54, 1.807) is 0 Å². The number of rotatable bonds is 2. The van der Waals surface area contributed by atoms with Gasteiger partial charge in [0.05, 0.1) is 0 Å². The van der Waals surface area contributed by atoms with Crippen LogP contribution in [0.25, 0.3) is 0 Å². The first kappa shape index (κ1) is 28.8. The van der Waals surface area contributed by atoms with Gasteiger partial charge in [-0.3, -0.25) is 0 Å². The molecule has 0 aliphatic rings. The minimum Gasteiger partial charge on any atom is -0.222 e. The van der Waals surface area contributed by atoms with Crippen LogP contribution in [0.1, 0.15) is 50.7 Å². The lowest BCUT2D eigenvalue weighted by molar-refractivity contribution is 0.562. The zero-order valence-corrected chi connectivity index (χ0v) is 14.1. The summed E-state index contributed by atoms with van der Waals surface area (Å²) in [6.45, 7) is 9.00. The Kier molecular flexibility index (Phi) is 29.7. The number of hydrogen-bond donors (Lipinski definition) is 4. The summed E-state index contributed by atoms with van der Waals surface area (Å²) in [7, 11) is 0. The number of isocyanates is 4. The maximum atomic E-state index is 8.35. The van der Waals surface area contributed by atoms with Crippen LogP contribution in [0.3, 0.4) is 0 Å². The smallest absolute Gasteiger partial charge is 0.222 e. The fraction of sp³-hybridized carbons (Fsp3) is 0.375. The van der Waals surface area contributed by atoms with E-state index in [-0.39, 0.29) is 0 Å². The molecule has 0 aliphatic heterocycles. The molecule has 8 nitrogen and oxygen atoms in total. The molecule has 0 unspecified atom stereocenters. The van der Waals surface area contributed by atoms with E-state index in [0.717, 1.165) is 24.3 Å². The molecule has 24 heavy (non-hydrogen) atoms. The Bertz CT molecular complexity index is 484. The summed E-state index contributed by atoms with van der Waals surface area (Å²) in [5, 5.41) is 21.6. The minimum atomic E-state index is 0.642. The third-order valence-electron chi connectivity index (χ3n) is 2.24. The van der Waals surface area contributed by atoms with E-state index in [1.165, 1.54) is 11.1 Å². The topological polar surface area (TPSA) is 164 Å². The molecular formula is C16H22N4O4. The van der Waals surface area contributed by atoms with Gasteiger partial charge in [-0.25, -0.2) is 40.8 Å². The maximum Gasteiger partial charge on any atom is 0.231 e.